The first-order chi connectivity index (χ1) is 4.04. The summed E-state index contributed by atoms with van der Waals surface area (Å²) in [6.07, 6.45) is 0.593. The second kappa shape index (κ2) is 3.72. The van der Waals surface area contributed by atoms with Gasteiger partial charge >= 0.3 is 0 Å². The van der Waals surface area contributed by atoms with Gasteiger partial charge in [-0.1, -0.05) is 19.1 Å². The Morgan fingerprint density at radius 3 is 2.11 bits per heavy atom. The van der Waals surface area contributed by atoms with E-state index in [1.807, 2.05) is 13.8 Å². The van der Waals surface area contributed by atoms with Gasteiger partial charge in [-0.3, -0.25) is 0 Å². The lowest BCUT2D eigenvalue weighted by atomic mass is 10.0. The van der Waals surface area contributed by atoms with Crippen LogP contribution < -0.4 is 0 Å². The number of ketones is 1. The Balaban J connectivity index is 3.63. The van der Waals surface area contributed by atoms with Crippen molar-refractivity contribution in [1.82, 2.24) is 0 Å². The van der Waals surface area contributed by atoms with Crippen LogP contribution in [0.2, 0.25) is 0 Å². The molecule has 1 atom stereocenters. The van der Waals surface area contributed by atoms with Gasteiger partial charge in [0.2, 0.25) is 0 Å². The molecule has 0 radical (unpaired) electrons. The molecule has 0 aromatic heterocycles. The SMILES string of the molecule is CC(=O)CC(C)C(C)=S. The highest BCUT2D eigenvalue weighted by Crippen LogP contribution is 2.04. The minimum atomic E-state index is 0.215. The molecular weight excluding hydrogens is 132 g/mol. The summed E-state index contributed by atoms with van der Waals surface area (Å²) in [6, 6.07) is 0. The van der Waals surface area contributed by atoms with Crippen molar-refractivity contribution in [2.24, 2.45) is 5.92 Å². The summed E-state index contributed by atoms with van der Waals surface area (Å²) in [6.45, 7) is 5.45. The van der Waals surface area contributed by atoms with Crippen LogP contribution in [-0.2, 0) is 4.79 Å². The normalized spacial score (nSPS) is 12.8. The van der Waals surface area contributed by atoms with Gasteiger partial charge in [-0.05, 0) is 24.6 Å². The van der Waals surface area contributed by atoms with E-state index < -0.39 is 0 Å². The van der Waals surface area contributed by atoms with E-state index >= 15 is 0 Å². The molecule has 0 saturated carbocycles. The van der Waals surface area contributed by atoms with Crippen molar-refractivity contribution in [3.05, 3.63) is 0 Å². The van der Waals surface area contributed by atoms with E-state index in [0.717, 1.165) is 4.86 Å². The van der Waals surface area contributed by atoms with Crippen molar-refractivity contribution in [2.45, 2.75) is 27.2 Å². The van der Waals surface area contributed by atoms with E-state index in [4.69, 9.17) is 12.2 Å². The molecule has 9 heavy (non-hydrogen) atoms. The largest absolute Gasteiger partial charge is 0.300 e. The van der Waals surface area contributed by atoms with Crippen LogP contribution in [0.15, 0.2) is 0 Å². The van der Waals surface area contributed by atoms with E-state index in [0.29, 0.717) is 6.42 Å². The fourth-order valence-corrected chi connectivity index (χ4v) is 0.658. The van der Waals surface area contributed by atoms with Gasteiger partial charge in [-0.25, -0.2) is 0 Å². The highest BCUT2D eigenvalue weighted by atomic mass is 32.1. The molecule has 0 aliphatic rings. The van der Waals surface area contributed by atoms with Crippen LogP contribution in [0.4, 0.5) is 0 Å². The van der Waals surface area contributed by atoms with Gasteiger partial charge in [0, 0.05) is 6.42 Å². The number of rotatable bonds is 3. The number of Topliss-reactive ketones (excluding diaryl/α,β-unsaturated/α-hetero) is 1. The van der Waals surface area contributed by atoms with E-state index in [-0.39, 0.29) is 11.7 Å². The van der Waals surface area contributed by atoms with Crippen LogP contribution in [0.1, 0.15) is 27.2 Å². The Hall–Kier alpha value is -0.240. The van der Waals surface area contributed by atoms with Crippen LogP contribution in [-0.4, -0.2) is 10.6 Å². The first kappa shape index (κ1) is 8.76. The first-order valence-electron chi connectivity index (χ1n) is 3.04. The molecule has 1 nitrogen and oxygen atoms in total. The zero-order valence-corrected chi connectivity index (χ0v) is 6.92. The van der Waals surface area contributed by atoms with E-state index in [1.165, 1.54) is 0 Å². The summed E-state index contributed by atoms with van der Waals surface area (Å²) < 4.78 is 0. The quantitative estimate of drug-likeness (QED) is 0.563. The molecule has 2 heteroatoms. The van der Waals surface area contributed by atoms with E-state index in [9.17, 15) is 4.79 Å². The summed E-state index contributed by atoms with van der Waals surface area (Å²) in [4.78, 5) is 11.4. The Bertz CT molecular complexity index is 129. The van der Waals surface area contributed by atoms with Crippen molar-refractivity contribution < 1.29 is 4.79 Å². The molecule has 0 aliphatic heterocycles. The maximum absolute atomic E-state index is 10.5. The molecule has 0 amide bonds. The fraction of sp³-hybridized carbons (Fsp3) is 0.714. The number of hydrogen-bond acceptors (Lipinski definition) is 2. The van der Waals surface area contributed by atoms with Gasteiger partial charge in [0.05, 0.1) is 0 Å². The monoisotopic (exact) mass is 144 g/mol. The topological polar surface area (TPSA) is 17.1 Å². The van der Waals surface area contributed by atoms with Crippen LogP contribution in [0.5, 0.6) is 0 Å². The third-order valence-electron chi connectivity index (χ3n) is 1.29. The molecule has 0 spiro atoms. The number of hydrogen-bond donors (Lipinski definition) is 0. The molecule has 0 saturated heterocycles. The van der Waals surface area contributed by atoms with Crippen LogP contribution in [0.3, 0.4) is 0 Å². The second-order valence-electron chi connectivity index (χ2n) is 2.42. The van der Waals surface area contributed by atoms with Crippen molar-refractivity contribution in [1.29, 1.82) is 0 Å². The molecule has 0 aromatic carbocycles. The summed E-state index contributed by atoms with van der Waals surface area (Å²) in [5.41, 5.74) is 0. The Morgan fingerprint density at radius 2 is 2.00 bits per heavy atom. The average molecular weight is 144 g/mol. The molecule has 0 rings (SSSR count). The smallest absolute Gasteiger partial charge is 0.130 e. The van der Waals surface area contributed by atoms with E-state index in [2.05, 4.69) is 0 Å². The fourth-order valence-electron chi connectivity index (χ4n) is 0.575. The Morgan fingerprint density at radius 1 is 1.56 bits per heavy atom. The van der Waals surface area contributed by atoms with E-state index in [1.54, 1.807) is 6.92 Å². The summed E-state index contributed by atoms with van der Waals surface area (Å²) in [5, 5.41) is 0. The highest BCUT2D eigenvalue weighted by Gasteiger charge is 2.05. The van der Waals surface area contributed by atoms with Gasteiger partial charge in [0.15, 0.2) is 0 Å². The molecule has 0 aromatic rings. The molecule has 52 valence electrons. The molecule has 0 N–H and O–H groups in total. The zero-order chi connectivity index (χ0) is 7.44. The number of carbonyl (C=O) groups is 1. The maximum Gasteiger partial charge on any atom is 0.130 e. The lowest BCUT2D eigenvalue weighted by Gasteiger charge is -2.04. The van der Waals surface area contributed by atoms with Crippen molar-refractivity contribution in [3.8, 4) is 0 Å². The van der Waals surface area contributed by atoms with Gasteiger partial charge in [0.1, 0.15) is 5.78 Å². The van der Waals surface area contributed by atoms with Gasteiger partial charge in [-0.2, -0.15) is 0 Å². The summed E-state index contributed by atoms with van der Waals surface area (Å²) in [5.74, 6) is 0.490. The lowest BCUT2D eigenvalue weighted by molar-refractivity contribution is -0.117. The Labute approximate surface area is 61.4 Å². The first-order valence-corrected chi connectivity index (χ1v) is 3.44. The van der Waals surface area contributed by atoms with Gasteiger partial charge in [0.25, 0.3) is 0 Å². The summed E-state index contributed by atoms with van der Waals surface area (Å²) >= 11 is 4.88. The second-order valence-corrected chi connectivity index (χ2v) is 3.06. The average Bonchev–Trinajstić information content (AvgIpc) is 1.63. The standard InChI is InChI=1S/C7H12OS/c1-5(7(3)9)4-6(2)8/h5H,4H2,1-3H3. The zero-order valence-electron chi connectivity index (χ0n) is 6.10. The molecule has 0 heterocycles. The molecule has 0 fully saturated rings. The van der Waals surface area contributed by atoms with Gasteiger partial charge < -0.3 is 4.79 Å². The Kier molecular flexibility index (Phi) is 3.62. The predicted molar refractivity (Wildman–Crippen MR) is 42.7 cm³/mol. The predicted octanol–water partition coefficient (Wildman–Crippen LogP) is 1.99. The van der Waals surface area contributed by atoms with Gasteiger partial charge in [-0.15, -0.1) is 0 Å². The molecule has 0 bridgehead atoms. The third kappa shape index (κ3) is 4.28. The third-order valence-corrected chi connectivity index (χ3v) is 1.69. The minimum absolute atomic E-state index is 0.215. The number of thiocarbonyl (C=S) groups is 1. The molecule has 0 aliphatic carbocycles. The summed E-state index contributed by atoms with van der Waals surface area (Å²) in [7, 11) is 0. The van der Waals surface area contributed by atoms with Crippen LogP contribution in [0.25, 0.3) is 0 Å². The number of carbonyl (C=O) groups excluding carboxylic acids is 1. The molecule has 1 unspecified atom stereocenters. The molecular formula is C7H12OS. The minimum Gasteiger partial charge on any atom is -0.300 e. The van der Waals surface area contributed by atoms with Crippen LogP contribution in [0, 0.1) is 5.92 Å². The highest BCUT2D eigenvalue weighted by molar-refractivity contribution is 7.80. The van der Waals surface area contributed by atoms with Crippen LogP contribution >= 0.6 is 12.2 Å². The maximum atomic E-state index is 10.5. The lowest BCUT2D eigenvalue weighted by Crippen LogP contribution is -2.08. The van der Waals surface area contributed by atoms with Crippen molar-refractivity contribution >= 4 is 22.9 Å². The van der Waals surface area contributed by atoms with Crippen molar-refractivity contribution in [3.63, 3.8) is 0 Å². The van der Waals surface area contributed by atoms with Crippen molar-refractivity contribution in [2.75, 3.05) is 0 Å².